The van der Waals surface area contributed by atoms with E-state index in [1.165, 1.54) is 7.11 Å². The number of aryl methyl sites for hydroxylation is 1. The third-order valence-electron chi connectivity index (χ3n) is 2.72. The van der Waals surface area contributed by atoms with Crippen LogP contribution in [0.2, 0.25) is 0 Å². The molecule has 2 aromatic rings. The van der Waals surface area contributed by atoms with E-state index in [1.807, 2.05) is 36.9 Å². The lowest BCUT2D eigenvalue weighted by Gasteiger charge is -2.02. The highest BCUT2D eigenvalue weighted by molar-refractivity contribution is 5.95. The minimum Gasteiger partial charge on any atom is -0.465 e. The number of anilines is 1. The van der Waals surface area contributed by atoms with E-state index in [0.717, 1.165) is 16.7 Å². The molecular formula is C12H14N2O2. The molecule has 0 radical (unpaired) electrons. The summed E-state index contributed by atoms with van der Waals surface area (Å²) in [6, 6.07) is 7.53. The van der Waals surface area contributed by atoms with Gasteiger partial charge in [-0.25, -0.2) is 4.79 Å². The molecule has 0 saturated heterocycles. The molecule has 1 aromatic heterocycles. The molecule has 0 aliphatic carbocycles. The molecule has 0 saturated carbocycles. The summed E-state index contributed by atoms with van der Waals surface area (Å²) in [4.78, 5) is 11.4. The van der Waals surface area contributed by atoms with Gasteiger partial charge in [-0.3, -0.25) is 0 Å². The van der Waals surface area contributed by atoms with Gasteiger partial charge in [0, 0.05) is 25.0 Å². The predicted octanol–water partition coefficient (Wildman–Crippen LogP) is 2.01. The third-order valence-corrected chi connectivity index (χ3v) is 2.72. The average Bonchev–Trinajstić information content (AvgIpc) is 2.64. The van der Waals surface area contributed by atoms with Gasteiger partial charge in [-0.15, -0.1) is 0 Å². The number of hydrogen-bond acceptors (Lipinski definition) is 3. The minimum atomic E-state index is -0.309. The summed E-state index contributed by atoms with van der Waals surface area (Å²) in [5, 5.41) is 4.12. The highest BCUT2D eigenvalue weighted by Crippen LogP contribution is 2.23. The van der Waals surface area contributed by atoms with Gasteiger partial charge in [0.05, 0.1) is 12.7 Å². The third kappa shape index (κ3) is 1.52. The van der Waals surface area contributed by atoms with E-state index in [2.05, 4.69) is 10.1 Å². The fourth-order valence-electron chi connectivity index (χ4n) is 1.83. The molecule has 0 spiro atoms. The topological polar surface area (TPSA) is 43.3 Å². The number of ether oxygens (including phenoxy) is 1. The zero-order chi connectivity index (χ0) is 11.7. The number of fused-ring (bicyclic) bond motifs is 1. The highest BCUT2D eigenvalue weighted by atomic mass is 16.5. The number of benzene rings is 1. The number of carbonyl (C=O) groups is 1. The fourth-order valence-corrected chi connectivity index (χ4v) is 1.83. The predicted molar refractivity (Wildman–Crippen MR) is 63.8 cm³/mol. The molecule has 0 amide bonds. The molecule has 0 unspecified atom stereocenters. The van der Waals surface area contributed by atoms with Crippen LogP contribution >= 0.6 is 0 Å². The molecule has 4 heteroatoms. The van der Waals surface area contributed by atoms with Crippen molar-refractivity contribution in [3.8, 4) is 0 Å². The molecule has 0 fully saturated rings. The zero-order valence-corrected chi connectivity index (χ0v) is 9.57. The lowest BCUT2D eigenvalue weighted by atomic mass is 10.1. The Balaban J connectivity index is 2.59. The average molecular weight is 218 g/mol. The Hall–Kier alpha value is -1.97. The van der Waals surface area contributed by atoms with Gasteiger partial charge in [0.25, 0.3) is 0 Å². The van der Waals surface area contributed by atoms with Crippen molar-refractivity contribution in [1.82, 2.24) is 4.57 Å². The summed E-state index contributed by atoms with van der Waals surface area (Å²) in [7, 11) is 5.23. The summed E-state index contributed by atoms with van der Waals surface area (Å²) in [5.41, 5.74) is 1.65. The van der Waals surface area contributed by atoms with Gasteiger partial charge in [-0.05, 0) is 24.3 Å². The summed E-state index contributed by atoms with van der Waals surface area (Å²) < 4.78 is 6.73. The second-order valence-corrected chi connectivity index (χ2v) is 3.60. The van der Waals surface area contributed by atoms with Crippen molar-refractivity contribution >= 4 is 22.7 Å². The molecular weight excluding hydrogens is 204 g/mol. The second-order valence-electron chi connectivity index (χ2n) is 3.60. The molecule has 0 aliphatic rings. The van der Waals surface area contributed by atoms with E-state index < -0.39 is 0 Å². The standard InChI is InChI=1S/C12H14N2O2/c1-13-11-7-9-6-8(12(15)16-3)4-5-10(9)14(11)2/h4-7,13H,1-3H3. The smallest absolute Gasteiger partial charge is 0.337 e. The monoisotopic (exact) mass is 218 g/mol. The number of hydrogen-bond donors (Lipinski definition) is 1. The molecule has 0 atom stereocenters. The van der Waals surface area contributed by atoms with Gasteiger partial charge in [0.1, 0.15) is 5.82 Å². The van der Waals surface area contributed by atoms with Gasteiger partial charge >= 0.3 is 5.97 Å². The molecule has 2 rings (SSSR count). The maximum Gasteiger partial charge on any atom is 0.337 e. The summed E-state index contributed by atoms with van der Waals surface area (Å²) in [5.74, 6) is 0.703. The number of carbonyl (C=O) groups excluding carboxylic acids is 1. The lowest BCUT2D eigenvalue weighted by molar-refractivity contribution is 0.0601. The van der Waals surface area contributed by atoms with Crippen LogP contribution in [0.15, 0.2) is 24.3 Å². The first kappa shape index (κ1) is 10.5. The van der Waals surface area contributed by atoms with E-state index in [0.29, 0.717) is 5.56 Å². The van der Waals surface area contributed by atoms with Crippen LogP contribution in [0.3, 0.4) is 0 Å². The first-order valence-electron chi connectivity index (χ1n) is 5.03. The Morgan fingerprint density at radius 1 is 1.38 bits per heavy atom. The van der Waals surface area contributed by atoms with E-state index in [-0.39, 0.29) is 5.97 Å². The molecule has 4 nitrogen and oxygen atoms in total. The number of rotatable bonds is 2. The van der Waals surface area contributed by atoms with E-state index in [4.69, 9.17) is 0 Å². The van der Waals surface area contributed by atoms with E-state index in [1.54, 1.807) is 6.07 Å². The maximum absolute atomic E-state index is 11.4. The van der Waals surface area contributed by atoms with Gasteiger partial charge in [0.15, 0.2) is 0 Å². The Bertz CT molecular complexity index is 543. The molecule has 16 heavy (non-hydrogen) atoms. The summed E-state index contributed by atoms with van der Waals surface area (Å²) >= 11 is 0. The van der Waals surface area contributed by atoms with Crippen LogP contribution in [0, 0.1) is 0 Å². The Kier molecular flexibility index (Phi) is 2.56. The van der Waals surface area contributed by atoms with Crippen molar-refractivity contribution in [2.24, 2.45) is 7.05 Å². The SMILES string of the molecule is CNc1cc2cc(C(=O)OC)ccc2n1C. The number of esters is 1. The Labute approximate surface area is 93.8 Å². The molecule has 0 bridgehead atoms. The van der Waals surface area contributed by atoms with Gasteiger partial charge in [-0.1, -0.05) is 0 Å². The number of nitrogens with zero attached hydrogens (tertiary/aromatic N) is 1. The van der Waals surface area contributed by atoms with Crippen LogP contribution in [0.5, 0.6) is 0 Å². The Morgan fingerprint density at radius 2 is 2.12 bits per heavy atom. The second kappa shape index (κ2) is 3.89. The fraction of sp³-hybridized carbons (Fsp3) is 0.250. The summed E-state index contributed by atoms with van der Waals surface area (Å²) in [6.07, 6.45) is 0. The largest absolute Gasteiger partial charge is 0.465 e. The minimum absolute atomic E-state index is 0.309. The number of nitrogens with one attached hydrogen (secondary N) is 1. The van der Waals surface area contributed by atoms with Crippen molar-refractivity contribution in [3.05, 3.63) is 29.8 Å². The molecule has 1 N–H and O–H groups in total. The van der Waals surface area contributed by atoms with Crippen molar-refractivity contribution in [2.75, 3.05) is 19.5 Å². The molecule has 1 aromatic carbocycles. The van der Waals surface area contributed by atoms with Crippen molar-refractivity contribution in [1.29, 1.82) is 0 Å². The van der Waals surface area contributed by atoms with E-state index in [9.17, 15) is 4.79 Å². The van der Waals surface area contributed by atoms with Gasteiger partial charge in [0.2, 0.25) is 0 Å². The quantitative estimate of drug-likeness (QED) is 0.784. The van der Waals surface area contributed by atoms with Crippen LogP contribution in [-0.2, 0) is 11.8 Å². The lowest BCUT2D eigenvalue weighted by Crippen LogP contribution is -2.00. The number of methoxy groups -OCH3 is 1. The maximum atomic E-state index is 11.4. The zero-order valence-electron chi connectivity index (χ0n) is 9.57. The van der Waals surface area contributed by atoms with Crippen molar-refractivity contribution in [3.63, 3.8) is 0 Å². The first-order chi connectivity index (χ1) is 7.67. The number of aromatic nitrogens is 1. The van der Waals surface area contributed by atoms with Crippen LogP contribution in [0.4, 0.5) is 5.82 Å². The normalized spacial score (nSPS) is 10.4. The van der Waals surface area contributed by atoms with Gasteiger partial charge < -0.3 is 14.6 Å². The molecule has 84 valence electrons. The van der Waals surface area contributed by atoms with Crippen LogP contribution in [0.25, 0.3) is 10.9 Å². The first-order valence-corrected chi connectivity index (χ1v) is 5.03. The molecule has 0 aliphatic heterocycles. The van der Waals surface area contributed by atoms with E-state index >= 15 is 0 Å². The van der Waals surface area contributed by atoms with Crippen LogP contribution in [0.1, 0.15) is 10.4 Å². The summed E-state index contributed by atoms with van der Waals surface area (Å²) in [6.45, 7) is 0. The highest BCUT2D eigenvalue weighted by Gasteiger charge is 2.09. The van der Waals surface area contributed by atoms with Crippen LogP contribution < -0.4 is 5.32 Å². The van der Waals surface area contributed by atoms with Crippen molar-refractivity contribution < 1.29 is 9.53 Å². The van der Waals surface area contributed by atoms with Crippen LogP contribution in [-0.4, -0.2) is 24.7 Å². The van der Waals surface area contributed by atoms with Crippen molar-refractivity contribution in [2.45, 2.75) is 0 Å². The Morgan fingerprint density at radius 3 is 2.75 bits per heavy atom. The molecule has 1 heterocycles. The van der Waals surface area contributed by atoms with Gasteiger partial charge in [-0.2, -0.15) is 0 Å².